The average Bonchev–Trinajstić information content (AvgIpc) is 2.45. The van der Waals surface area contributed by atoms with E-state index in [1.54, 1.807) is 0 Å². The van der Waals surface area contributed by atoms with Crippen LogP contribution in [0.4, 0.5) is 5.69 Å². The van der Waals surface area contributed by atoms with Gasteiger partial charge < -0.3 is 20.3 Å². The summed E-state index contributed by atoms with van der Waals surface area (Å²) in [5, 5.41) is 15.6. The number of ether oxygens (including phenoxy) is 1. The Morgan fingerprint density at radius 2 is 2.26 bits per heavy atom. The molecule has 0 radical (unpaired) electrons. The van der Waals surface area contributed by atoms with E-state index in [-0.39, 0.29) is 23.7 Å². The molecule has 0 spiro atoms. The molecule has 0 fully saturated rings. The quantitative estimate of drug-likeness (QED) is 0.521. The maximum Gasteiger partial charge on any atom is 0.268 e. The number of amides is 1. The van der Waals surface area contributed by atoms with E-state index in [0.29, 0.717) is 12.0 Å². The first-order chi connectivity index (χ1) is 8.99. The maximum atomic E-state index is 11.6. The molecule has 19 heavy (non-hydrogen) atoms. The van der Waals surface area contributed by atoms with E-state index in [4.69, 9.17) is 15.4 Å². The van der Waals surface area contributed by atoms with E-state index in [9.17, 15) is 13.2 Å². The summed E-state index contributed by atoms with van der Waals surface area (Å²) in [5.41, 5.74) is 0.246. The Labute approximate surface area is 109 Å². The molecule has 0 atom stereocenters. The summed E-state index contributed by atoms with van der Waals surface area (Å²) in [6.07, 6.45) is 0.639. The Kier molecular flexibility index (Phi) is 3.51. The highest BCUT2D eigenvalue weighted by molar-refractivity contribution is 7.89. The van der Waals surface area contributed by atoms with Crippen molar-refractivity contribution in [2.45, 2.75) is 4.90 Å². The molecule has 0 bridgehead atoms. The summed E-state index contributed by atoms with van der Waals surface area (Å²) in [6, 6.07) is 3.84. The molecule has 1 aromatic carbocycles. The molecule has 1 heterocycles. The Balaban J connectivity index is 2.53. The van der Waals surface area contributed by atoms with Crippen LogP contribution in [0, 0.1) is 5.41 Å². The van der Waals surface area contributed by atoms with Crippen molar-refractivity contribution in [1.29, 1.82) is 5.41 Å². The number of carbonyl (C=O) groups excluding carboxylic acids is 1. The first-order valence-electron chi connectivity index (χ1n) is 5.24. The van der Waals surface area contributed by atoms with Crippen LogP contribution in [0.5, 0.6) is 5.75 Å². The highest BCUT2D eigenvalue weighted by Crippen LogP contribution is 2.33. The van der Waals surface area contributed by atoms with Gasteiger partial charge in [-0.25, -0.2) is 8.42 Å². The molecular weight excluding hydrogens is 274 g/mol. The van der Waals surface area contributed by atoms with Gasteiger partial charge in [0, 0.05) is 0 Å². The summed E-state index contributed by atoms with van der Waals surface area (Å²) in [5.74, 6) is -0.227. The molecular formula is C10H11N3O5S. The SMILES string of the molecule is N=CC(=O)N1CCOc2ccc(S(=O)(=O)NO)cc21. The van der Waals surface area contributed by atoms with Gasteiger partial charge in [0.2, 0.25) is 0 Å². The lowest BCUT2D eigenvalue weighted by Gasteiger charge is -2.28. The van der Waals surface area contributed by atoms with Crippen molar-refractivity contribution in [2.75, 3.05) is 18.1 Å². The largest absolute Gasteiger partial charge is 0.490 e. The smallest absolute Gasteiger partial charge is 0.268 e. The number of nitrogens with zero attached hydrogens (tertiary/aromatic N) is 1. The van der Waals surface area contributed by atoms with Crippen molar-refractivity contribution < 1.29 is 23.2 Å². The number of nitrogens with one attached hydrogen (secondary N) is 2. The van der Waals surface area contributed by atoms with Gasteiger partial charge >= 0.3 is 0 Å². The molecule has 2 rings (SSSR count). The van der Waals surface area contributed by atoms with Crippen molar-refractivity contribution in [3.8, 4) is 5.75 Å². The summed E-state index contributed by atoms with van der Waals surface area (Å²) < 4.78 is 28.3. The second-order valence-electron chi connectivity index (χ2n) is 3.71. The van der Waals surface area contributed by atoms with E-state index in [1.165, 1.54) is 28.0 Å². The lowest BCUT2D eigenvalue weighted by atomic mass is 10.2. The van der Waals surface area contributed by atoms with Gasteiger partial charge in [-0.15, -0.1) is 0 Å². The highest BCUT2D eigenvalue weighted by atomic mass is 32.2. The summed E-state index contributed by atoms with van der Waals surface area (Å²) in [7, 11) is -4.03. The Hall–Kier alpha value is -1.97. The predicted octanol–water partition coefficient (Wildman–Crippen LogP) is -0.271. The first kappa shape index (κ1) is 13.5. The number of sulfonamides is 1. The first-order valence-corrected chi connectivity index (χ1v) is 6.72. The van der Waals surface area contributed by atoms with Crippen LogP contribution < -0.4 is 14.5 Å². The Bertz CT molecular complexity index is 628. The van der Waals surface area contributed by atoms with Crippen LogP contribution in [-0.4, -0.2) is 38.9 Å². The number of hydrogen-bond acceptors (Lipinski definition) is 6. The van der Waals surface area contributed by atoms with Crippen LogP contribution in [-0.2, 0) is 14.8 Å². The van der Waals surface area contributed by atoms with Crippen molar-refractivity contribution in [3.63, 3.8) is 0 Å². The fourth-order valence-corrected chi connectivity index (χ4v) is 2.34. The number of hydrogen-bond donors (Lipinski definition) is 3. The molecule has 0 aromatic heterocycles. The predicted molar refractivity (Wildman–Crippen MR) is 65.2 cm³/mol. The van der Waals surface area contributed by atoms with E-state index in [2.05, 4.69) is 0 Å². The monoisotopic (exact) mass is 285 g/mol. The zero-order valence-electron chi connectivity index (χ0n) is 9.66. The zero-order chi connectivity index (χ0) is 14.0. The topological polar surface area (TPSA) is 120 Å². The molecule has 9 heteroatoms. The zero-order valence-corrected chi connectivity index (χ0v) is 10.5. The normalized spacial score (nSPS) is 14.5. The van der Waals surface area contributed by atoms with Gasteiger partial charge in [0.25, 0.3) is 15.9 Å². The third-order valence-electron chi connectivity index (χ3n) is 2.61. The standard InChI is InChI=1S/C10H11N3O5S/c11-6-10(14)13-3-4-18-9-2-1-7(5-8(9)13)19(16,17)12-15/h1-2,5-6,11-12,15H,3-4H2. The van der Waals surface area contributed by atoms with E-state index < -0.39 is 15.9 Å². The van der Waals surface area contributed by atoms with Crippen molar-refractivity contribution >= 4 is 27.8 Å². The number of fused-ring (bicyclic) bond motifs is 1. The second-order valence-corrected chi connectivity index (χ2v) is 5.37. The van der Waals surface area contributed by atoms with Crippen LogP contribution in [0.25, 0.3) is 0 Å². The number of anilines is 1. The van der Waals surface area contributed by atoms with Crippen LogP contribution in [0.1, 0.15) is 0 Å². The molecule has 1 aromatic rings. The maximum absolute atomic E-state index is 11.6. The fraction of sp³-hybridized carbons (Fsp3) is 0.200. The minimum atomic E-state index is -4.03. The van der Waals surface area contributed by atoms with Crippen molar-refractivity contribution in [3.05, 3.63) is 18.2 Å². The molecule has 0 saturated carbocycles. The molecule has 1 amide bonds. The number of benzene rings is 1. The van der Waals surface area contributed by atoms with Crippen molar-refractivity contribution in [1.82, 2.24) is 4.89 Å². The minimum Gasteiger partial charge on any atom is -0.490 e. The fourth-order valence-electron chi connectivity index (χ4n) is 1.72. The Morgan fingerprint density at radius 1 is 1.53 bits per heavy atom. The van der Waals surface area contributed by atoms with Gasteiger partial charge in [0.15, 0.2) is 0 Å². The summed E-state index contributed by atoms with van der Waals surface area (Å²) in [6.45, 7) is 0.480. The van der Waals surface area contributed by atoms with Gasteiger partial charge in [-0.3, -0.25) is 4.79 Å². The highest BCUT2D eigenvalue weighted by Gasteiger charge is 2.25. The summed E-state index contributed by atoms with van der Waals surface area (Å²) >= 11 is 0. The number of rotatable bonds is 3. The molecule has 1 aliphatic heterocycles. The molecule has 102 valence electrons. The molecule has 0 aliphatic carbocycles. The molecule has 8 nitrogen and oxygen atoms in total. The lowest BCUT2D eigenvalue weighted by molar-refractivity contribution is -0.112. The second kappa shape index (κ2) is 4.96. The third kappa shape index (κ3) is 2.43. The van der Waals surface area contributed by atoms with Crippen molar-refractivity contribution in [2.24, 2.45) is 0 Å². The Morgan fingerprint density at radius 3 is 2.89 bits per heavy atom. The van der Waals surface area contributed by atoms with Gasteiger partial charge in [-0.2, -0.15) is 0 Å². The van der Waals surface area contributed by atoms with Gasteiger partial charge in [0.05, 0.1) is 23.3 Å². The van der Waals surface area contributed by atoms with Crippen LogP contribution in [0.3, 0.4) is 0 Å². The summed E-state index contributed by atoms with van der Waals surface area (Å²) in [4.78, 5) is 13.8. The van der Waals surface area contributed by atoms with Crippen LogP contribution >= 0.6 is 0 Å². The van der Waals surface area contributed by atoms with Gasteiger partial charge in [-0.05, 0) is 18.2 Å². The van der Waals surface area contributed by atoms with Crippen LogP contribution in [0.15, 0.2) is 23.1 Å². The average molecular weight is 285 g/mol. The van der Waals surface area contributed by atoms with Gasteiger partial charge in [0.1, 0.15) is 12.4 Å². The molecule has 1 aliphatic rings. The van der Waals surface area contributed by atoms with Gasteiger partial charge in [-0.1, -0.05) is 4.89 Å². The van der Waals surface area contributed by atoms with E-state index in [1.807, 2.05) is 0 Å². The van der Waals surface area contributed by atoms with E-state index >= 15 is 0 Å². The van der Waals surface area contributed by atoms with E-state index in [0.717, 1.165) is 0 Å². The molecule has 0 unspecified atom stereocenters. The van der Waals surface area contributed by atoms with Crippen LogP contribution in [0.2, 0.25) is 0 Å². The molecule has 3 N–H and O–H groups in total. The minimum absolute atomic E-state index is 0.206. The lowest BCUT2D eigenvalue weighted by Crippen LogP contribution is -2.38. The molecule has 0 saturated heterocycles. The number of carbonyl (C=O) groups is 1. The third-order valence-corrected chi connectivity index (χ3v) is 3.73.